The molecule has 8 nitrogen and oxygen atoms in total. The monoisotopic (exact) mass is 588 g/mol. The second kappa shape index (κ2) is 11.6. The van der Waals surface area contributed by atoms with Gasteiger partial charge in [-0.3, -0.25) is 14.4 Å². The van der Waals surface area contributed by atoms with Gasteiger partial charge in [0.15, 0.2) is 0 Å². The van der Waals surface area contributed by atoms with Gasteiger partial charge in [-0.1, -0.05) is 67.5 Å². The second-order valence-electron chi connectivity index (χ2n) is 12.0. The summed E-state index contributed by atoms with van der Waals surface area (Å²) >= 11 is 12.2. The number of halogens is 2. The summed E-state index contributed by atoms with van der Waals surface area (Å²) in [6, 6.07) is 4.19. The molecule has 3 amide bonds. The number of rotatable bonds is 7. The Morgan fingerprint density at radius 2 is 1.68 bits per heavy atom. The minimum absolute atomic E-state index is 0.107. The lowest BCUT2D eigenvalue weighted by molar-refractivity contribution is -0.141. The maximum Gasteiger partial charge on any atom is 0.246 e. The average molecular weight is 590 g/mol. The Bertz CT molecular complexity index is 1180. The topological polar surface area (TPSA) is 91.0 Å². The molecule has 1 aromatic rings. The van der Waals surface area contributed by atoms with Crippen LogP contribution in [0.3, 0.4) is 0 Å². The Labute approximate surface area is 245 Å². The first kappa shape index (κ1) is 28.0. The van der Waals surface area contributed by atoms with Gasteiger partial charge in [-0.2, -0.15) is 0 Å². The largest absolute Gasteiger partial charge is 0.359 e. The summed E-state index contributed by atoms with van der Waals surface area (Å²) in [4.78, 5) is 45.9. The summed E-state index contributed by atoms with van der Waals surface area (Å²) in [5, 5.41) is 6.88. The Morgan fingerprint density at radius 1 is 0.950 bits per heavy atom. The van der Waals surface area contributed by atoms with E-state index in [9.17, 15) is 14.4 Å². The SMILES string of the molecule is O=C(Nc1ccc(Cl)c(Cl)c1)[C@@H]1[C@@H]2C=C[C@]3(O2)[C@@H]1C(=O)N(CCN1CCCCCC1)[C@@H]3C(=O)NC1CCCCC1. The van der Waals surface area contributed by atoms with Gasteiger partial charge in [0.2, 0.25) is 17.7 Å². The number of nitrogens with one attached hydrogen (secondary N) is 2. The van der Waals surface area contributed by atoms with Crippen LogP contribution >= 0.6 is 23.2 Å². The van der Waals surface area contributed by atoms with Crippen molar-refractivity contribution in [3.8, 4) is 0 Å². The van der Waals surface area contributed by atoms with E-state index in [-0.39, 0.29) is 23.8 Å². The lowest BCUT2D eigenvalue weighted by atomic mass is 9.74. The van der Waals surface area contributed by atoms with Gasteiger partial charge in [0, 0.05) is 24.8 Å². The van der Waals surface area contributed by atoms with Crippen LogP contribution in [-0.4, -0.2) is 77.5 Å². The summed E-state index contributed by atoms with van der Waals surface area (Å²) in [5.41, 5.74) is -0.658. The molecule has 10 heteroatoms. The van der Waals surface area contributed by atoms with E-state index in [0.29, 0.717) is 28.8 Å². The quantitative estimate of drug-likeness (QED) is 0.460. The van der Waals surface area contributed by atoms with E-state index in [4.69, 9.17) is 27.9 Å². The molecule has 1 saturated carbocycles. The molecule has 3 saturated heterocycles. The van der Waals surface area contributed by atoms with Crippen LogP contribution in [0.2, 0.25) is 10.0 Å². The summed E-state index contributed by atoms with van der Waals surface area (Å²) in [7, 11) is 0. The molecule has 0 aromatic heterocycles. The van der Waals surface area contributed by atoms with Crippen molar-refractivity contribution in [3.05, 3.63) is 40.4 Å². The van der Waals surface area contributed by atoms with Gasteiger partial charge in [0.25, 0.3) is 0 Å². The Morgan fingerprint density at radius 3 is 2.40 bits per heavy atom. The fourth-order valence-electron chi connectivity index (χ4n) is 7.44. The summed E-state index contributed by atoms with van der Waals surface area (Å²) in [6.07, 6.45) is 13.2. The number of likely N-dealkylation sites (tertiary alicyclic amines) is 2. The number of carbonyl (C=O) groups excluding carboxylic acids is 3. The van der Waals surface area contributed by atoms with Gasteiger partial charge in [-0.25, -0.2) is 0 Å². The van der Waals surface area contributed by atoms with E-state index in [1.165, 1.54) is 19.3 Å². The van der Waals surface area contributed by atoms with E-state index in [0.717, 1.165) is 51.6 Å². The number of benzene rings is 1. The van der Waals surface area contributed by atoms with Crippen molar-refractivity contribution in [2.24, 2.45) is 11.8 Å². The highest BCUT2D eigenvalue weighted by molar-refractivity contribution is 6.42. The molecule has 2 bridgehead atoms. The molecule has 5 aliphatic rings. The van der Waals surface area contributed by atoms with E-state index >= 15 is 0 Å². The first-order valence-electron chi connectivity index (χ1n) is 14.8. The van der Waals surface area contributed by atoms with E-state index in [1.807, 2.05) is 12.2 Å². The van der Waals surface area contributed by atoms with Crippen molar-refractivity contribution in [3.63, 3.8) is 0 Å². The van der Waals surface area contributed by atoms with Crippen molar-refractivity contribution < 1.29 is 19.1 Å². The van der Waals surface area contributed by atoms with Crippen LogP contribution in [0.15, 0.2) is 30.4 Å². The molecule has 2 N–H and O–H groups in total. The molecule has 5 atom stereocenters. The van der Waals surface area contributed by atoms with Gasteiger partial charge in [-0.05, 0) is 57.0 Å². The number of nitrogens with zero attached hydrogens (tertiary/aromatic N) is 2. The summed E-state index contributed by atoms with van der Waals surface area (Å²) < 4.78 is 6.48. The zero-order chi connectivity index (χ0) is 27.9. The molecule has 4 heterocycles. The molecule has 1 spiro atoms. The number of hydrogen-bond acceptors (Lipinski definition) is 5. The van der Waals surface area contributed by atoms with E-state index in [2.05, 4.69) is 15.5 Å². The van der Waals surface area contributed by atoms with Crippen LogP contribution in [-0.2, 0) is 19.1 Å². The lowest BCUT2D eigenvalue weighted by Crippen LogP contribution is -2.57. The van der Waals surface area contributed by atoms with Crippen LogP contribution in [0.1, 0.15) is 57.8 Å². The highest BCUT2D eigenvalue weighted by atomic mass is 35.5. The second-order valence-corrected chi connectivity index (χ2v) is 12.8. The van der Waals surface area contributed by atoms with Gasteiger partial charge >= 0.3 is 0 Å². The first-order valence-corrected chi connectivity index (χ1v) is 15.6. The van der Waals surface area contributed by atoms with Crippen molar-refractivity contribution in [1.29, 1.82) is 0 Å². The van der Waals surface area contributed by atoms with Gasteiger partial charge < -0.3 is 25.2 Å². The minimum atomic E-state index is -1.15. The van der Waals surface area contributed by atoms with Crippen LogP contribution in [0, 0.1) is 11.8 Å². The molecule has 216 valence electrons. The predicted molar refractivity (Wildman–Crippen MR) is 154 cm³/mol. The minimum Gasteiger partial charge on any atom is -0.359 e. The Kier molecular flexibility index (Phi) is 8.14. The molecule has 40 heavy (non-hydrogen) atoms. The molecule has 0 radical (unpaired) electrons. The highest BCUT2D eigenvalue weighted by Gasteiger charge is 2.72. The van der Waals surface area contributed by atoms with E-state index < -0.39 is 29.6 Å². The molecule has 6 rings (SSSR count). The van der Waals surface area contributed by atoms with Crippen molar-refractivity contribution in [2.45, 2.75) is 81.6 Å². The fraction of sp³-hybridized carbons (Fsp3) is 0.633. The standard InChI is InChI=1S/C30H38Cl2N4O4/c31-21-11-10-20(18-22(21)32)34-27(37)24-23-12-13-30(40-23)25(24)29(39)36(17-16-35-14-6-1-2-7-15-35)26(30)28(38)33-19-8-4-3-5-9-19/h10-13,18-19,23-26H,1-9,14-17H2,(H,33,38)(H,34,37)/t23-,24+,25-,26+,30-/m0/s1. The molecular weight excluding hydrogens is 551 g/mol. The van der Waals surface area contributed by atoms with Gasteiger partial charge in [-0.15, -0.1) is 0 Å². The Balaban J connectivity index is 1.26. The third-order valence-electron chi connectivity index (χ3n) is 9.42. The zero-order valence-corrected chi connectivity index (χ0v) is 24.3. The summed E-state index contributed by atoms with van der Waals surface area (Å²) in [5.74, 6) is -2.19. The maximum absolute atomic E-state index is 14.2. The third-order valence-corrected chi connectivity index (χ3v) is 10.2. The average Bonchev–Trinajstić information content (AvgIpc) is 3.49. The highest BCUT2D eigenvalue weighted by Crippen LogP contribution is 2.55. The Hall–Kier alpha value is -2.13. The molecule has 1 aromatic carbocycles. The first-order chi connectivity index (χ1) is 19.4. The number of anilines is 1. The number of carbonyl (C=O) groups is 3. The zero-order valence-electron chi connectivity index (χ0n) is 22.7. The van der Waals surface area contributed by atoms with Crippen molar-refractivity contribution in [1.82, 2.24) is 15.1 Å². The van der Waals surface area contributed by atoms with Crippen LogP contribution in [0.25, 0.3) is 0 Å². The number of fused-ring (bicyclic) bond motifs is 1. The fourth-order valence-corrected chi connectivity index (χ4v) is 7.74. The van der Waals surface area contributed by atoms with Crippen molar-refractivity contribution >= 4 is 46.6 Å². The van der Waals surface area contributed by atoms with Crippen molar-refractivity contribution in [2.75, 3.05) is 31.5 Å². The lowest BCUT2D eigenvalue weighted by Gasteiger charge is -2.35. The summed E-state index contributed by atoms with van der Waals surface area (Å²) in [6.45, 7) is 3.14. The normalized spacial score (nSPS) is 32.2. The van der Waals surface area contributed by atoms with Gasteiger partial charge in [0.05, 0.1) is 28.0 Å². The number of ether oxygens (including phenoxy) is 1. The molecule has 1 aliphatic carbocycles. The smallest absolute Gasteiger partial charge is 0.246 e. The third kappa shape index (κ3) is 5.17. The number of amides is 3. The van der Waals surface area contributed by atoms with Crippen LogP contribution < -0.4 is 10.6 Å². The molecule has 4 fully saturated rings. The maximum atomic E-state index is 14.2. The van der Waals surface area contributed by atoms with E-state index in [1.54, 1.807) is 23.1 Å². The molecule has 0 unspecified atom stereocenters. The molecular formula is C30H38Cl2N4O4. The number of hydrogen-bond donors (Lipinski definition) is 2. The van der Waals surface area contributed by atoms with Crippen LogP contribution in [0.4, 0.5) is 5.69 Å². The molecule has 4 aliphatic heterocycles. The van der Waals surface area contributed by atoms with Crippen LogP contribution in [0.5, 0.6) is 0 Å². The predicted octanol–water partition coefficient (Wildman–Crippen LogP) is 4.41. The van der Waals surface area contributed by atoms with Gasteiger partial charge in [0.1, 0.15) is 11.6 Å².